The lowest BCUT2D eigenvalue weighted by Gasteiger charge is -2.33. The average molecular weight is 359 g/mol. The molecule has 1 aromatic rings. The van der Waals surface area contributed by atoms with Crippen molar-refractivity contribution in [3.63, 3.8) is 0 Å². The maximum absolute atomic E-state index is 12.2. The normalized spacial score (nSPS) is 18.0. The first-order valence-electron chi connectivity index (χ1n) is 9.52. The van der Waals surface area contributed by atoms with Crippen molar-refractivity contribution < 1.29 is 9.59 Å². The molecule has 1 N–H and O–H groups in total. The third kappa shape index (κ3) is 3.66. The molecule has 0 unspecified atom stereocenters. The number of aromatic nitrogens is 2. The number of hydrogen-bond acceptors (Lipinski definition) is 5. The zero-order valence-electron chi connectivity index (χ0n) is 16.2. The highest BCUT2D eigenvalue weighted by atomic mass is 16.2. The Kier molecular flexibility index (Phi) is 5.44. The van der Waals surface area contributed by atoms with E-state index in [1.54, 1.807) is 6.92 Å². The number of nitrogens with zero attached hydrogens (tertiary/aromatic N) is 4. The smallest absolute Gasteiger partial charge is 0.225 e. The van der Waals surface area contributed by atoms with Crippen molar-refractivity contribution in [2.45, 2.75) is 52.5 Å². The second-order valence-electron chi connectivity index (χ2n) is 7.55. The van der Waals surface area contributed by atoms with Gasteiger partial charge in [-0.2, -0.15) is 0 Å². The first kappa shape index (κ1) is 18.6. The molecule has 3 heterocycles. The molecule has 0 atom stereocenters. The van der Waals surface area contributed by atoms with E-state index < -0.39 is 0 Å². The molecule has 7 nitrogen and oxygen atoms in total. The molecule has 0 bridgehead atoms. The Hall–Kier alpha value is -2.18. The molecule has 1 saturated heterocycles. The molecule has 0 saturated carbocycles. The van der Waals surface area contributed by atoms with Crippen LogP contribution < -0.4 is 5.32 Å². The van der Waals surface area contributed by atoms with Crippen LogP contribution in [0.2, 0.25) is 0 Å². The molecule has 1 fully saturated rings. The Balaban J connectivity index is 1.76. The van der Waals surface area contributed by atoms with Gasteiger partial charge in [-0.1, -0.05) is 13.8 Å². The van der Waals surface area contributed by atoms with Gasteiger partial charge in [-0.3, -0.25) is 9.59 Å². The molecule has 0 aliphatic carbocycles. The van der Waals surface area contributed by atoms with E-state index in [9.17, 15) is 9.59 Å². The summed E-state index contributed by atoms with van der Waals surface area (Å²) in [5.41, 5.74) is 2.09. The van der Waals surface area contributed by atoms with Gasteiger partial charge in [0.25, 0.3) is 0 Å². The van der Waals surface area contributed by atoms with Crippen LogP contribution in [-0.4, -0.2) is 58.3 Å². The van der Waals surface area contributed by atoms with Crippen molar-refractivity contribution in [1.82, 2.24) is 19.8 Å². The average Bonchev–Trinajstić information content (AvgIpc) is 2.66. The number of likely N-dealkylation sites (tertiary alicyclic amines) is 1. The largest absolute Gasteiger partial charge is 0.373 e. The van der Waals surface area contributed by atoms with Crippen molar-refractivity contribution in [3.8, 4) is 0 Å². The van der Waals surface area contributed by atoms with Gasteiger partial charge >= 0.3 is 0 Å². The molecule has 26 heavy (non-hydrogen) atoms. The standard InChI is InChI=1S/C19H29N5O2/c1-12(2)19(26)23-8-5-14(6-9-23)17-21-16-7-10-24(13(3)25)11-15(16)18(20-4)22-17/h12,14H,5-11H2,1-4H3,(H,20,21,22). The number of nitrogens with one attached hydrogen (secondary N) is 1. The molecule has 142 valence electrons. The fraction of sp³-hybridized carbons (Fsp3) is 0.684. The number of anilines is 1. The van der Waals surface area contributed by atoms with Gasteiger partial charge in [-0.05, 0) is 12.8 Å². The van der Waals surface area contributed by atoms with Gasteiger partial charge in [0, 0.05) is 57.4 Å². The number of rotatable bonds is 3. The lowest BCUT2D eigenvalue weighted by atomic mass is 9.94. The highest BCUT2D eigenvalue weighted by Gasteiger charge is 2.29. The van der Waals surface area contributed by atoms with Crippen molar-refractivity contribution in [3.05, 3.63) is 17.1 Å². The summed E-state index contributed by atoms with van der Waals surface area (Å²) in [4.78, 5) is 37.3. The topological polar surface area (TPSA) is 78.4 Å². The Morgan fingerprint density at radius 2 is 1.81 bits per heavy atom. The van der Waals surface area contributed by atoms with Crippen LogP contribution in [0.25, 0.3) is 0 Å². The van der Waals surface area contributed by atoms with Gasteiger partial charge in [-0.15, -0.1) is 0 Å². The monoisotopic (exact) mass is 359 g/mol. The van der Waals surface area contributed by atoms with E-state index >= 15 is 0 Å². The van der Waals surface area contributed by atoms with Crippen LogP contribution >= 0.6 is 0 Å². The summed E-state index contributed by atoms with van der Waals surface area (Å²) in [5, 5.41) is 3.18. The molecular weight excluding hydrogens is 330 g/mol. The molecule has 3 rings (SSSR count). The van der Waals surface area contributed by atoms with Gasteiger partial charge in [0.1, 0.15) is 11.6 Å². The first-order chi connectivity index (χ1) is 12.4. The van der Waals surface area contributed by atoms with Gasteiger partial charge in [0.15, 0.2) is 0 Å². The summed E-state index contributed by atoms with van der Waals surface area (Å²) in [6.07, 6.45) is 2.57. The molecule has 2 aliphatic heterocycles. The van der Waals surface area contributed by atoms with Gasteiger partial charge < -0.3 is 15.1 Å². The van der Waals surface area contributed by atoms with Crippen molar-refractivity contribution in [2.75, 3.05) is 32.0 Å². The van der Waals surface area contributed by atoms with Crippen molar-refractivity contribution in [1.29, 1.82) is 0 Å². The minimum atomic E-state index is 0.0478. The Bertz CT molecular complexity index is 678. The summed E-state index contributed by atoms with van der Waals surface area (Å²) in [5.74, 6) is 2.36. The Morgan fingerprint density at radius 3 is 2.38 bits per heavy atom. The highest BCUT2D eigenvalue weighted by molar-refractivity contribution is 5.78. The zero-order valence-corrected chi connectivity index (χ0v) is 16.2. The van der Waals surface area contributed by atoms with E-state index in [2.05, 4.69) is 5.32 Å². The zero-order chi connectivity index (χ0) is 18.8. The third-order valence-corrected chi connectivity index (χ3v) is 5.43. The fourth-order valence-corrected chi connectivity index (χ4v) is 3.81. The van der Waals surface area contributed by atoms with E-state index in [1.807, 2.05) is 30.7 Å². The lowest BCUT2D eigenvalue weighted by molar-refractivity contribution is -0.135. The van der Waals surface area contributed by atoms with Crippen LogP contribution in [0.15, 0.2) is 0 Å². The predicted molar refractivity (Wildman–Crippen MR) is 99.8 cm³/mol. The fourth-order valence-electron chi connectivity index (χ4n) is 3.81. The van der Waals surface area contributed by atoms with Crippen LogP contribution in [0.5, 0.6) is 0 Å². The maximum Gasteiger partial charge on any atom is 0.225 e. The quantitative estimate of drug-likeness (QED) is 0.890. The molecular formula is C19H29N5O2. The van der Waals surface area contributed by atoms with Crippen molar-refractivity contribution in [2.24, 2.45) is 5.92 Å². The summed E-state index contributed by atoms with van der Waals surface area (Å²) < 4.78 is 0. The number of carbonyl (C=O) groups is 2. The minimum absolute atomic E-state index is 0.0478. The Morgan fingerprint density at radius 1 is 1.12 bits per heavy atom. The maximum atomic E-state index is 12.2. The van der Waals surface area contributed by atoms with Gasteiger partial charge in [-0.25, -0.2) is 9.97 Å². The second kappa shape index (κ2) is 7.60. The third-order valence-electron chi connectivity index (χ3n) is 5.43. The van der Waals surface area contributed by atoms with E-state index in [0.717, 1.165) is 55.3 Å². The van der Waals surface area contributed by atoms with Crippen LogP contribution in [-0.2, 0) is 22.6 Å². The SMILES string of the molecule is CNc1nc(C2CCN(C(=O)C(C)C)CC2)nc2c1CN(C(C)=O)CC2. The van der Waals surface area contributed by atoms with Crippen LogP contribution in [0.1, 0.15) is 56.6 Å². The number of piperidine rings is 1. The van der Waals surface area contributed by atoms with Crippen LogP contribution in [0.4, 0.5) is 5.82 Å². The predicted octanol–water partition coefficient (Wildman–Crippen LogP) is 1.78. The molecule has 0 radical (unpaired) electrons. The summed E-state index contributed by atoms with van der Waals surface area (Å²) in [7, 11) is 1.86. The summed E-state index contributed by atoms with van der Waals surface area (Å²) >= 11 is 0. The van der Waals surface area contributed by atoms with Gasteiger partial charge in [0.05, 0.1) is 12.2 Å². The second-order valence-corrected chi connectivity index (χ2v) is 7.55. The number of carbonyl (C=O) groups excluding carboxylic acids is 2. The van der Waals surface area contributed by atoms with Crippen molar-refractivity contribution >= 4 is 17.6 Å². The number of amides is 2. The van der Waals surface area contributed by atoms with E-state index in [1.165, 1.54) is 0 Å². The lowest BCUT2D eigenvalue weighted by Crippen LogP contribution is -2.40. The minimum Gasteiger partial charge on any atom is -0.373 e. The highest BCUT2D eigenvalue weighted by Crippen LogP contribution is 2.30. The molecule has 7 heteroatoms. The van der Waals surface area contributed by atoms with E-state index in [4.69, 9.17) is 9.97 Å². The summed E-state index contributed by atoms with van der Waals surface area (Å²) in [6, 6.07) is 0. The molecule has 2 amide bonds. The molecule has 0 spiro atoms. The molecule has 1 aromatic heterocycles. The Labute approximate surface area is 155 Å². The summed E-state index contributed by atoms with van der Waals surface area (Å²) in [6.45, 7) is 8.33. The molecule has 0 aromatic carbocycles. The van der Waals surface area contributed by atoms with Crippen LogP contribution in [0, 0.1) is 5.92 Å². The molecule has 2 aliphatic rings. The number of hydrogen-bond donors (Lipinski definition) is 1. The van der Waals surface area contributed by atoms with E-state index in [0.29, 0.717) is 13.1 Å². The van der Waals surface area contributed by atoms with Crippen LogP contribution in [0.3, 0.4) is 0 Å². The van der Waals surface area contributed by atoms with E-state index in [-0.39, 0.29) is 23.7 Å². The number of fused-ring (bicyclic) bond motifs is 1. The first-order valence-corrected chi connectivity index (χ1v) is 9.52. The van der Waals surface area contributed by atoms with Gasteiger partial charge in [0.2, 0.25) is 11.8 Å².